The Morgan fingerprint density at radius 3 is 2.33 bits per heavy atom. The maximum atomic E-state index is 13.7. The molecule has 3 aliphatic rings. The van der Waals surface area contributed by atoms with Crippen LogP contribution in [-0.4, -0.2) is 79.7 Å². The maximum absolute atomic E-state index is 13.7. The second-order valence-electron chi connectivity index (χ2n) is 8.55. The number of nitrogens with two attached hydrogens (primary N) is 1. The van der Waals surface area contributed by atoms with Crippen molar-refractivity contribution < 1.29 is 39.9 Å². The molecule has 33 heavy (non-hydrogen) atoms. The summed E-state index contributed by atoms with van der Waals surface area (Å²) >= 11 is 3.31. The molecule has 5 atom stereocenters. The molecule has 0 bridgehead atoms. The normalized spacial score (nSPS) is 31.5. The van der Waals surface area contributed by atoms with Crippen LogP contribution in [0.2, 0.25) is 0 Å². The van der Waals surface area contributed by atoms with E-state index in [1.54, 1.807) is 0 Å². The van der Waals surface area contributed by atoms with E-state index in [4.69, 9.17) is 5.73 Å². The van der Waals surface area contributed by atoms with Crippen LogP contribution in [0.1, 0.15) is 11.1 Å². The molecule has 1 aromatic rings. The van der Waals surface area contributed by atoms with Gasteiger partial charge in [0.25, 0.3) is 5.91 Å². The number of amides is 1. The summed E-state index contributed by atoms with van der Waals surface area (Å²) in [6.07, 6.45) is -1.72. The zero-order valence-corrected chi connectivity index (χ0v) is 19.1. The summed E-state index contributed by atoms with van der Waals surface area (Å²) in [5.74, 6) is -8.91. The Morgan fingerprint density at radius 1 is 1.18 bits per heavy atom. The molecule has 0 radical (unpaired) electrons. The molecule has 1 amide bonds. The van der Waals surface area contributed by atoms with Crippen LogP contribution in [0.3, 0.4) is 0 Å². The van der Waals surface area contributed by atoms with Crippen LogP contribution >= 0.6 is 15.9 Å². The molecule has 0 unspecified atom stereocenters. The lowest BCUT2D eigenvalue weighted by Gasteiger charge is -2.53. The minimum absolute atomic E-state index is 0.137. The van der Waals surface area contributed by atoms with Crippen molar-refractivity contribution in [2.24, 2.45) is 17.6 Å². The number of fused-ring (bicyclic) bond motifs is 3. The monoisotopic (exact) mass is 520 g/mol. The standard InChI is InChI=1S/C22H21BrN2O8/c1-6-9-7(23)4-5-8(26)11(9)16(27)12-10(6)17(28)14-15(25(2)3)18(29)13(21(24)32)20(31)22(14,33)19(12)30/h4-5,10,14-15,17,26-28,31,33H,1H2,2-3H3,(H2,24,32)/t10-,14-,15+,17+,22+/m1/s1. The largest absolute Gasteiger partial charge is 0.508 e. The van der Waals surface area contributed by atoms with Crippen LogP contribution in [0.15, 0.2) is 40.1 Å². The van der Waals surface area contributed by atoms with Gasteiger partial charge >= 0.3 is 0 Å². The number of carbonyl (C=O) groups is 3. The third-order valence-electron chi connectivity index (χ3n) is 6.67. The Balaban J connectivity index is 2.10. The number of benzene rings is 1. The molecule has 0 heterocycles. The van der Waals surface area contributed by atoms with Crippen molar-refractivity contribution in [3.63, 3.8) is 0 Å². The highest BCUT2D eigenvalue weighted by Crippen LogP contribution is 2.56. The molecular formula is C22H21BrN2O8. The number of ketones is 2. The van der Waals surface area contributed by atoms with Gasteiger partial charge in [0, 0.05) is 16.0 Å². The summed E-state index contributed by atoms with van der Waals surface area (Å²) in [7, 11) is 2.87. The summed E-state index contributed by atoms with van der Waals surface area (Å²) in [5, 5.41) is 55.1. The fourth-order valence-corrected chi connectivity index (χ4v) is 5.85. The average molecular weight is 521 g/mol. The third kappa shape index (κ3) is 2.73. The van der Waals surface area contributed by atoms with Gasteiger partial charge in [-0.05, 0) is 31.8 Å². The highest BCUT2D eigenvalue weighted by molar-refractivity contribution is 9.10. The fraction of sp³-hybridized carbons (Fsp3) is 0.318. The molecule has 7 N–H and O–H groups in total. The molecule has 1 aromatic carbocycles. The first-order chi connectivity index (χ1) is 15.3. The van der Waals surface area contributed by atoms with E-state index in [2.05, 4.69) is 22.5 Å². The van der Waals surface area contributed by atoms with Crippen molar-refractivity contribution in [3.8, 4) is 5.75 Å². The topological polar surface area (TPSA) is 182 Å². The van der Waals surface area contributed by atoms with Gasteiger partial charge in [0.05, 0.1) is 29.2 Å². The molecule has 4 rings (SSSR count). The number of phenols is 1. The zero-order valence-electron chi connectivity index (χ0n) is 17.5. The fourth-order valence-electron chi connectivity index (χ4n) is 5.26. The molecule has 0 aromatic heterocycles. The molecule has 10 nitrogen and oxygen atoms in total. The quantitative estimate of drug-likeness (QED) is 0.296. The Morgan fingerprint density at radius 2 is 1.79 bits per heavy atom. The first-order valence-electron chi connectivity index (χ1n) is 9.81. The van der Waals surface area contributed by atoms with E-state index in [0.717, 1.165) is 0 Å². The average Bonchev–Trinajstić information content (AvgIpc) is 2.72. The second kappa shape index (κ2) is 7.26. The molecule has 0 spiro atoms. The number of rotatable bonds is 2. The van der Waals surface area contributed by atoms with E-state index >= 15 is 0 Å². The van der Waals surface area contributed by atoms with Gasteiger partial charge in [-0.15, -0.1) is 0 Å². The molecule has 1 saturated carbocycles. The van der Waals surface area contributed by atoms with Gasteiger partial charge in [0.2, 0.25) is 5.78 Å². The van der Waals surface area contributed by atoms with Crippen molar-refractivity contribution >= 4 is 44.7 Å². The summed E-state index contributed by atoms with van der Waals surface area (Å²) in [5.41, 5.74) is 1.04. The third-order valence-corrected chi connectivity index (χ3v) is 7.33. The number of aromatic hydroxyl groups is 1. The van der Waals surface area contributed by atoms with E-state index in [0.29, 0.717) is 4.47 Å². The van der Waals surface area contributed by atoms with Gasteiger partial charge in [-0.3, -0.25) is 19.3 Å². The number of primary amides is 1. The number of Topliss-reactive ketones (excluding diaryl/α,β-unsaturated/α-hetero) is 2. The molecule has 1 fully saturated rings. The number of hydrogen-bond acceptors (Lipinski definition) is 9. The number of aliphatic hydroxyl groups excluding tert-OH is 3. The van der Waals surface area contributed by atoms with Gasteiger partial charge in [0.15, 0.2) is 11.4 Å². The minimum atomic E-state index is -2.95. The SMILES string of the molecule is C=C1c2c(Br)ccc(O)c2C(O)=C2C(=O)[C@]3(O)C(O)=C(C(N)=O)C(=O)[C@@H](N(C)C)[C@@H]3[C@@H](O)[C@H]12. The number of hydrogen-bond donors (Lipinski definition) is 6. The Kier molecular flexibility index (Phi) is 5.10. The van der Waals surface area contributed by atoms with Crippen molar-refractivity contribution in [1.82, 2.24) is 4.90 Å². The van der Waals surface area contributed by atoms with E-state index in [1.165, 1.54) is 31.1 Å². The van der Waals surface area contributed by atoms with Crippen LogP contribution in [-0.2, 0) is 14.4 Å². The Hall–Kier alpha value is -2.99. The summed E-state index contributed by atoms with van der Waals surface area (Å²) < 4.78 is 0.411. The van der Waals surface area contributed by atoms with E-state index < -0.39 is 75.5 Å². The predicted octanol–water partition coefficient (Wildman–Crippen LogP) is 0.168. The first kappa shape index (κ1) is 23.2. The van der Waals surface area contributed by atoms with Crippen LogP contribution < -0.4 is 5.73 Å². The van der Waals surface area contributed by atoms with Crippen LogP contribution in [0.4, 0.5) is 0 Å². The van der Waals surface area contributed by atoms with Crippen molar-refractivity contribution in [2.75, 3.05) is 14.1 Å². The lowest BCUT2D eigenvalue weighted by atomic mass is 9.55. The highest BCUT2D eigenvalue weighted by atomic mass is 79.9. The Bertz CT molecular complexity index is 1230. The lowest BCUT2D eigenvalue weighted by molar-refractivity contribution is -0.166. The second-order valence-corrected chi connectivity index (χ2v) is 9.41. The van der Waals surface area contributed by atoms with Gasteiger partial charge in [-0.1, -0.05) is 22.5 Å². The van der Waals surface area contributed by atoms with E-state index in [9.17, 15) is 39.9 Å². The van der Waals surface area contributed by atoms with Gasteiger partial charge < -0.3 is 31.3 Å². The van der Waals surface area contributed by atoms with Crippen molar-refractivity contribution in [3.05, 3.63) is 51.2 Å². The number of nitrogens with zero attached hydrogens (tertiary/aromatic N) is 1. The number of carbonyl (C=O) groups excluding carboxylic acids is 3. The summed E-state index contributed by atoms with van der Waals surface area (Å²) in [4.78, 5) is 40.0. The van der Waals surface area contributed by atoms with E-state index in [1.807, 2.05) is 0 Å². The number of aliphatic hydroxyl groups is 4. The van der Waals surface area contributed by atoms with Crippen molar-refractivity contribution in [1.29, 1.82) is 0 Å². The molecular weight excluding hydrogens is 500 g/mol. The van der Waals surface area contributed by atoms with Crippen LogP contribution in [0.5, 0.6) is 5.75 Å². The maximum Gasteiger partial charge on any atom is 0.255 e. The van der Waals surface area contributed by atoms with Crippen molar-refractivity contribution in [2.45, 2.75) is 17.7 Å². The van der Waals surface area contributed by atoms with Crippen LogP contribution in [0, 0.1) is 11.8 Å². The van der Waals surface area contributed by atoms with Gasteiger partial charge in [0.1, 0.15) is 22.8 Å². The van der Waals surface area contributed by atoms with Gasteiger partial charge in [-0.25, -0.2) is 0 Å². The minimum Gasteiger partial charge on any atom is -0.508 e. The highest BCUT2D eigenvalue weighted by Gasteiger charge is 2.68. The number of halogens is 1. The van der Waals surface area contributed by atoms with E-state index in [-0.39, 0.29) is 16.7 Å². The first-order valence-corrected chi connectivity index (χ1v) is 10.6. The lowest BCUT2D eigenvalue weighted by Crippen LogP contribution is -2.70. The molecule has 11 heteroatoms. The summed E-state index contributed by atoms with van der Waals surface area (Å²) in [6.45, 7) is 3.95. The molecule has 174 valence electrons. The molecule has 0 aliphatic heterocycles. The van der Waals surface area contributed by atoms with Crippen LogP contribution in [0.25, 0.3) is 11.3 Å². The Labute approximate surface area is 196 Å². The smallest absolute Gasteiger partial charge is 0.255 e. The molecule has 3 aliphatic carbocycles. The number of likely N-dealkylation sites (N-methyl/N-ethyl adjacent to an activating group) is 1. The number of phenolic OH excluding ortho intramolecular Hbond substituents is 1. The summed E-state index contributed by atoms with van der Waals surface area (Å²) in [6, 6.07) is 1.34. The van der Waals surface area contributed by atoms with Gasteiger partial charge in [-0.2, -0.15) is 0 Å². The predicted molar refractivity (Wildman–Crippen MR) is 119 cm³/mol. The zero-order chi connectivity index (χ0) is 24.7. The molecule has 0 saturated heterocycles.